The highest BCUT2D eigenvalue weighted by atomic mass is 16.5. The number of nitrogens with one attached hydrogen (secondary N) is 1. The minimum Gasteiger partial charge on any atom is -0.468 e. The molecule has 1 N–H and O–H groups in total. The molecule has 1 aliphatic heterocycles. The SMILES string of the molecule is COCC(NC1CCCOC1)c1ccco1. The van der Waals surface area contributed by atoms with Crippen LogP contribution < -0.4 is 5.32 Å². The molecule has 90 valence electrons. The van der Waals surface area contributed by atoms with E-state index in [0.717, 1.165) is 31.8 Å². The van der Waals surface area contributed by atoms with Crippen LogP contribution in [-0.2, 0) is 9.47 Å². The molecule has 0 saturated carbocycles. The highest BCUT2D eigenvalue weighted by molar-refractivity contribution is 5.05. The predicted molar refractivity (Wildman–Crippen MR) is 60.3 cm³/mol. The van der Waals surface area contributed by atoms with Crippen molar-refractivity contribution in [1.82, 2.24) is 5.32 Å². The minimum absolute atomic E-state index is 0.117. The van der Waals surface area contributed by atoms with E-state index in [0.29, 0.717) is 12.6 Å². The molecule has 4 heteroatoms. The van der Waals surface area contributed by atoms with Crippen molar-refractivity contribution in [2.24, 2.45) is 0 Å². The molecule has 2 rings (SSSR count). The second-order valence-corrected chi connectivity index (χ2v) is 4.10. The largest absolute Gasteiger partial charge is 0.468 e. The first-order valence-electron chi connectivity index (χ1n) is 5.76. The zero-order chi connectivity index (χ0) is 11.2. The summed E-state index contributed by atoms with van der Waals surface area (Å²) in [5, 5.41) is 3.52. The van der Waals surface area contributed by atoms with Crippen molar-refractivity contribution in [1.29, 1.82) is 0 Å². The lowest BCUT2D eigenvalue weighted by molar-refractivity contribution is 0.0571. The van der Waals surface area contributed by atoms with Gasteiger partial charge in [0.1, 0.15) is 5.76 Å². The Balaban J connectivity index is 1.91. The zero-order valence-corrected chi connectivity index (χ0v) is 9.65. The predicted octanol–water partition coefficient (Wildman–Crippen LogP) is 1.74. The van der Waals surface area contributed by atoms with Gasteiger partial charge < -0.3 is 19.2 Å². The third kappa shape index (κ3) is 3.07. The monoisotopic (exact) mass is 225 g/mol. The molecule has 2 atom stereocenters. The van der Waals surface area contributed by atoms with Gasteiger partial charge in [-0.15, -0.1) is 0 Å². The van der Waals surface area contributed by atoms with Crippen molar-refractivity contribution in [3.63, 3.8) is 0 Å². The highest BCUT2D eigenvalue weighted by Crippen LogP contribution is 2.17. The van der Waals surface area contributed by atoms with E-state index in [1.165, 1.54) is 0 Å². The van der Waals surface area contributed by atoms with Crippen molar-refractivity contribution in [3.8, 4) is 0 Å². The van der Waals surface area contributed by atoms with Gasteiger partial charge in [-0.25, -0.2) is 0 Å². The maximum Gasteiger partial charge on any atom is 0.123 e. The third-order valence-electron chi connectivity index (χ3n) is 2.82. The van der Waals surface area contributed by atoms with Crippen LogP contribution in [0, 0.1) is 0 Å². The molecular formula is C12H19NO3. The van der Waals surface area contributed by atoms with Crippen LogP contribution in [0.2, 0.25) is 0 Å². The Hall–Kier alpha value is -0.840. The van der Waals surface area contributed by atoms with Gasteiger partial charge in [0.2, 0.25) is 0 Å². The molecule has 0 bridgehead atoms. The van der Waals surface area contributed by atoms with Crippen LogP contribution in [0.4, 0.5) is 0 Å². The molecule has 16 heavy (non-hydrogen) atoms. The molecule has 2 unspecified atom stereocenters. The molecule has 0 radical (unpaired) electrons. The number of hydrogen-bond donors (Lipinski definition) is 1. The van der Waals surface area contributed by atoms with Gasteiger partial charge in [0.25, 0.3) is 0 Å². The molecular weight excluding hydrogens is 206 g/mol. The second-order valence-electron chi connectivity index (χ2n) is 4.10. The van der Waals surface area contributed by atoms with E-state index >= 15 is 0 Å². The Morgan fingerprint density at radius 1 is 1.62 bits per heavy atom. The Kier molecular flexibility index (Phi) is 4.39. The van der Waals surface area contributed by atoms with Gasteiger partial charge in [0, 0.05) is 19.8 Å². The molecule has 0 amide bonds. The van der Waals surface area contributed by atoms with Gasteiger partial charge in [0.05, 0.1) is 25.5 Å². The number of hydrogen-bond acceptors (Lipinski definition) is 4. The zero-order valence-electron chi connectivity index (χ0n) is 9.65. The fourth-order valence-corrected chi connectivity index (χ4v) is 2.03. The van der Waals surface area contributed by atoms with Gasteiger partial charge in [0.15, 0.2) is 0 Å². The summed E-state index contributed by atoms with van der Waals surface area (Å²) in [5.41, 5.74) is 0. The summed E-state index contributed by atoms with van der Waals surface area (Å²) < 4.78 is 16.1. The van der Waals surface area contributed by atoms with E-state index in [1.807, 2.05) is 12.1 Å². The summed E-state index contributed by atoms with van der Waals surface area (Å²) in [6.07, 6.45) is 3.97. The van der Waals surface area contributed by atoms with E-state index in [1.54, 1.807) is 13.4 Å². The van der Waals surface area contributed by atoms with Crippen LogP contribution in [0.5, 0.6) is 0 Å². The first kappa shape index (κ1) is 11.6. The Labute approximate surface area is 95.9 Å². The summed E-state index contributed by atoms with van der Waals surface area (Å²) in [6, 6.07) is 4.39. The van der Waals surface area contributed by atoms with Crippen LogP contribution in [0.3, 0.4) is 0 Å². The van der Waals surface area contributed by atoms with Crippen LogP contribution in [-0.4, -0.2) is 33.0 Å². The lowest BCUT2D eigenvalue weighted by Crippen LogP contribution is -2.40. The van der Waals surface area contributed by atoms with Crippen LogP contribution in [0.25, 0.3) is 0 Å². The van der Waals surface area contributed by atoms with E-state index in [4.69, 9.17) is 13.9 Å². The number of ether oxygens (including phenoxy) is 2. The third-order valence-corrected chi connectivity index (χ3v) is 2.82. The summed E-state index contributed by atoms with van der Waals surface area (Å²) >= 11 is 0. The van der Waals surface area contributed by atoms with E-state index in [9.17, 15) is 0 Å². The average Bonchev–Trinajstić information content (AvgIpc) is 2.83. The summed E-state index contributed by atoms with van der Waals surface area (Å²) in [5.74, 6) is 0.924. The van der Waals surface area contributed by atoms with Crippen LogP contribution in [0.1, 0.15) is 24.6 Å². The molecule has 1 aromatic heterocycles. The molecule has 0 aliphatic carbocycles. The van der Waals surface area contributed by atoms with Gasteiger partial charge >= 0.3 is 0 Å². The van der Waals surface area contributed by atoms with E-state index in [2.05, 4.69) is 5.32 Å². The summed E-state index contributed by atoms with van der Waals surface area (Å²) in [4.78, 5) is 0. The molecule has 1 aliphatic rings. The number of rotatable bonds is 5. The fraction of sp³-hybridized carbons (Fsp3) is 0.667. The lowest BCUT2D eigenvalue weighted by atomic mass is 10.1. The normalized spacial score (nSPS) is 23.2. The number of methoxy groups -OCH3 is 1. The first-order valence-corrected chi connectivity index (χ1v) is 5.76. The van der Waals surface area contributed by atoms with Gasteiger partial charge in [-0.3, -0.25) is 0 Å². The Morgan fingerprint density at radius 2 is 2.56 bits per heavy atom. The molecule has 1 aromatic rings. The van der Waals surface area contributed by atoms with E-state index < -0.39 is 0 Å². The van der Waals surface area contributed by atoms with Gasteiger partial charge in [-0.2, -0.15) is 0 Å². The molecule has 0 spiro atoms. The maximum absolute atomic E-state index is 5.44. The van der Waals surface area contributed by atoms with Gasteiger partial charge in [-0.05, 0) is 25.0 Å². The molecule has 1 fully saturated rings. The maximum atomic E-state index is 5.44. The second kappa shape index (κ2) is 6.03. The fourth-order valence-electron chi connectivity index (χ4n) is 2.03. The minimum atomic E-state index is 0.117. The standard InChI is InChI=1S/C12H19NO3/c1-14-9-11(12-5-3-7-16-12)13-10-4-2-6-15-8-10/h3,5,7,10-11,13H,2,4,6,8-9H2,1H3. The van der Waals surface area contributed by atoms with Crippen molar-refractivity contribution >= 4 is 0 Å². The highest BCUT2D eigenvalue weighted by Gasteiger charge is 2.21. The first-order chi connectivity index (χ1) is 7.90. The Morgan fingerprint density at radius 3 is 3.19 bits per heavy atom. The molecule has 0 aromatic carbocycles. The van der Waals surface area contributed by atoms with Crippen molar-refractivity contribution < 1.29 is 13.9 Å². The quantitative estimate of drug-likeness (QED) is 0.829. The molecule has 2 heterocycles. The summed E-state index contributed by atoms with van der Waals surface area (Å²) in [6.45, 7) is 2.28. The smallest absolute Gasteiger partial charge is 0.123 e. The van der Waals surface area contributed by atoms with Crippen molar-refractivity contribution in [2.75, 3.05) is 26.9 Å². The molecule has 4 nitrogen and oxygen atoms in total. The summed E-state index contributed by atoms with van der Waals surface area (Å²) in [7, 11) is 1.70. The average molecular weight is 225 g/mol. The number of furan rings is 1. The van der Waals surface area contributed by atoms with Crippen LogP contribution in [0.15, 0.2) is 22.8 Å². The van der Waals surface area contributed by atoms with Crippen molar-refractivity contribution in [3.05, 3.63) is 24.2 Å². The molecule has 1 saturated heterocycles. The topological polar surface area (TPSA) is 43.6 Å². The van der Waals surface area contributed by atoms with E-state index in [-0.39, 0.29) is 6.04 Å². The lowest BCUT2D eigenvalue weighted by Gasteiger charge is -2.27. The Bertz CT molecular complexity index is 280. The van der Waals surface area contributed by atoms with Crippen LogP contribution >= 0.6 is 0 Å². The van der Waals surface area contributed by atoms with Gasteiger partial charge in [-0.1, -0.05) is 0 Å². The van der Waals surface area contributed by atoms with Crippen molar-refractivity contribution in [2.45, 2.75) is 24.9 Å².